The smallest absolute Gasteiger partial charge is 0.340 e. The van der Waals surface area contributed by atoms with Gasteiger partial charge >= 0.3 is 5.97 Å². The number of fused-ring (bicyclic) bond motifs is 2. The number of amides is 1. The summed E-state index contributed by atoms with van der Waals surface area (Å²) in [5.74, 6) is -1.80. The van der Waals surface area contributed by atoms with Gasteiger partial charge in [0.2, 0.25) is 0 Å². The van der Waals surface area contributed by atoms with Crippen LogP contribution in [0.1, 0.15) is 42.2 Å². The fourth-order valence-corrected chi connectivity index (χ4v) is 3.48. The van der Waals surface area contributed by atoms with Gasteiger partial charge in [0.15, 0.2) is 18.2 Å². The van der Waals surface area contributed by atoms with Crippen molar-refractivity contribution in [1.82, 2.24) is 4.98 Å². The van der Waals surface area contributed by atoms with E-state index in [4.69, 9.17) is 4.74 Å². The number of nitrogens with zero attached hydrogens (tertiary/aromatic N) is 1. The molecule has 0 saturated carbocycles. The van der Waals surface area contributed by atoms with Crippen LogP contribution < -0.4 is 5.32 Å². The molecule has 1 aliphatic rings. The molecule has 1 aromatic heterocycles. The molecule has 1 N–H and O–H groups in total. The lowest BCUT2D eigenvalue weighted by Crippen LogP contribution is -2.23. The zero-order valence-corrected chi connectivity index (χ0v) is 16.9. The van der Waals surface area contributed by atoms with Gasteiger partial charge in [0, 0.05) is 44.8 Å². The Labute approximate surface area is 179 Å². The number of aromatic nitrogens is 1. The maximum atomic E-state index is 12.7. The number of halogens is 1. The number of nitrogens with one attached hydrogen (secondary N) is 1. The van der Waals surface area contributed by atoms with E-state index in [1.54, 1.807) is 24.3 Å². The van der Waals surface area contributed by atoms with E-state index in [0.717, 1.165) is 0 Å². The molecule has 7 nitrogen and oxygen atoms in total. The van der Waals surface area contributed by atoms with Crippen LogP contribution >= 0.6 is 15.9 Å². The molecule has 0 fully saturated rings. The molecule has 0 aliphatic heterocycles. The normalized spacial score (nSPS) is 12.0. The molecule has 3 aromatic rings. The van der Waals surface area contributed by atoms with Crippen molar-refractivity contribution in [2.75, 3.05) is 11.9 Å². The predicted octanol–water partition coefficient (Wildman–Crippen LogP) is 3.42. The summed E-state index contributed by atoms with van der Waals surface area (Å²) in [6.07, 6.45) is 2.85. The van der Waals surface area contributed by atoms with Crippen molar-refractivity contribution in [1.29, 1.82) is 0 Å². The standard InChI is InChI=1S/C22H13BrN2O5/c23-13-7-12(9-24-10-13)22(29)30-11-19(26)25-14-5-6-17-18(8-14)21(28)16-4-2-1-3-15(16)20(17)27/h1-10H,11H2,(H,25,26). The third-order valence-electron chi connectivity index (χ3n) is 4.48. The van der Waals surface area contributed by atoms with Crippen LogP contribution in [0.3, 0.4) is 0 Å². The Morgan fingerprint density at radius 3 is 2.27 bits per heavy atom. The Morgan fingerprint density at radius 2 is 1.57 bits per heavy atom. The highest BCUT2D eigenvalue weighted by Gasteiger charge is 2.29. The minimum Gasteiger partial charge on any atom is -0.452 e. The van der Waals surface area contributed by atoms with E-state index in [0.29, 0.717) is 21.3 Å². The van der Waals surface area contributed by atoms with Gasteiger partial charge in [0.25, 0.3) is 5.91 Å². The molecule has 0 atom stereocenters. The summed E-state index contributed by atoms with van der Waals surface area (Å²) in [6, 6.07) is 12.6. The second-order valence-electron chi connectivity index (χ2n) is 6.48. The van der Waals surface area contributed by atoms with Crippen molar-refractivity contribution in [2.45, 2.75) is 0 Å². The highest BCUT2D eigenvalue weighted by atomic mass is 79.9. The maximum absolute atomic E-state index is 12.7. The average Bonchev–Trinajstić information content (AvgIpc) is 2.76. The summed E-state index contributed by atoms with van der Waals surface area (Å²) in [7, 11) is 0. The third-order valence-corrected chi connectivity index (χ3v) is 4.92. The van der Waals surface area contributed by atoms with Gasteiger partial charge in [-0.3, -0.25) is 19.4 Å². The van der Waals surface area contributed by atoms with Crippen molar-refractivity contribution in [2.24, 2.45) is 0 Å². The van der Waals surface area contributed by atoms with Crippen LogP contribution in [0.2, 0.25) is 0 Å². The van der Waals surface area contributed by atoms with E-state index < -0.39 is 18.5 Å². The number of esters is 1. The number of carbonyl (C=O) groups excluding carboxylic acids is 4. The fraction of sp³-hybridized carbons (Fsp3) is 0.0455. The minimum absolute atomic E-state index is 0.203. The predicted molar refractivity (Wildman–Crippen MR) is 111 cm³/mol. The number of rotatable bonds is 4. The molecule has 30 heavy (non-hydrogen) atoms. The largest absolute Gasteiger partial charge is 0.452 e. The second-order valence-corrected chi connectivity index (χ2v) is 7.40. The van der Waals surface area contributed by atoms with Crippen molar-refractivity contribution in [3.8, 4) is 0 Å². The first-order valence-corrected chi connectivity index (χ1v) is 9.63. The Hall–Kier alpha value is -3.65. The highest BCUT2D eigenvalue weighted by molar-refractivity contribution is 9.10. The van der Waals surface area contributed by atoms with Crippen LogP contribution in [-0.4, -0.2) is 35.0 Å². The van der Waals surface area contributed by atoms with Crippen LogP contribution in [0.25, 0.3) is 0 Å². The van der Waals surface area contributed by atoms with E-state index >= 15 is 0 Å². The topological polar surface area (TPSA) is 102 Å². The molecule has 4 rings (SSSR count). The van der Waals surface area contributed by atoms with Gasteiger partial charge in [-0.25, -0.2) is 4.79 Å². The van der Waals surface area contributed by atoms with Gasteiger partial charge in [-0.1, -0.05) is 24.3 Å². The van der Waals surface area contributed by atoms with Crippen LogP contribution in [0.4, 0.5) is 5.69 Å². The van der Waals surface area contributed by atoms with E-state index in [-0.39, 0.29) is 28.3 Å². The Morgan fingerprint density at radius 1 is 0.900 bits per heavy atom. The van der Waals surface area contributed by atoms with E-state index in [2.05, 4.69) is 26.2 Å². The monoisotopic (exact) mass is 464 g/mol. The van der Waals surface area contributed by atoms with Gasteiger partial charge < -0.3 is 10.1 Å². The quantitative estimate of drug-likeness (QED) is 0.464. The first-order valence-electron chi connectivity index (χ1n) is 8.84. The molecule has 1 amide bonds. The van der Waals surface area contributed by atoms with Crippen LogP contribution in [0.5, 0.6) is 0 Å². The number of ether oxygens (including phenoxy) is 1. The summed E-state index contributed by atoms with van der Waals surface area (Å²) in [4.78, 5) is 53.4. The SMILES string of the molecule is O=C(COC(=O)c1cncc(Br)c1)Nc1ccc2c(c1)C(=O)c1ccccc1C2=O. The molecule has 0 radical (unpaired) electrons. The Balaban J connectivity index is 1.46. The maximum Gasteiger partial charge on any atom is 0.340 e. The number of ketones is 2. The third kappa shape index (κ3) is 3.77. The van der Waals surface area contributed by atoms with Crippen molar-refractivity contribution < 1.29 is 23.9 Å². The van der Waals surface area contributed by atoms with Gasteiger partial charge in [-0.15, -0.1) is 0 Å². The van der Waals surface area contributed by atoms with Crippen molar-refractivity contribution in [3.05, 3.63) is 93.2 Å². The van der Waals surface area contributed by atoms with Gasteiger partial charge in [-0.05, 0) is 40.2 Å². The molecule has 148 valence electrons. The molecular weight excluding hydrogens is 452 g/mol. The zero-order valence-electron chi connectivity index (χ0n) is 15.3. The Kier molecular flexibility index (Phi) is 5.24. The minimum atomic E-state index is -0.693. The Bertz CT molecular complexity index is 1220. The lowest BCUT2D eigenvalue weighted by Gasteiger charge is -2.18. The number of hydrogen-bond donors (Lipinski definition) is 1. The number of carbonyl (C=O) groups is 4. The van der Waals surface area contributed by atoms with Crippen molar-refractivity contribution in [3.63, 3.8) is 0 Å². The molecule has 0 saturated heterocycles. The molecule has 1 aliphatic carbocycles. The number of pyridine rings is 1. The number of anilines is 1. The van der Waals surface area contributed by atoms with Gasteiger partial charge in [-0.2, -0.15) is 0 Å². The summed E-state index contributed by atoms with van der Waals surface area (Å²) >= 11 is 3.20. The van der Waals surface area contributed by atoms with Crippen LogP contribution in [-0.2, 0) is 9.53 Å². The van der Waals surface area contributed by atoms with Crippen LogP contribution in [0, 0.1) is 0 Å². The zero-order chi connectivity index (χ0) is 21.3. The second kappa shape index (κ2) is 8.00. The van der Waals surface area contributed by atoms with Crippen LogP contribution in [0.15, 0.2) is 65.4 Å². The summed E-state index contributed by atoms with van der Waals surface area (Å²) < 4.78 is 5.59. The van der Waals surface area contributed by atoms with Crippen molar-refractivity contribution >= 4 is 45.1 Å². The van der Waals surface area contributed by atoms with Gasteiger partial charge in [0.05, 0.1) is 5.56 Å². The lowest BCUT2D eigenvalue weighted by molar-refractivity contribution is -0.119. The fourth-order valence-electron chi connectivity index (χ4n) is 3.11. The molecule has 8 heteroatoms. The van der Waals surface area contributed by atoms with E-state index in [1.807, 2.05) is 0 Å². The van der Waals surface area contributed by atoms with E-state index in [1.165, 1.54) is 36.7 Å². The summed E-state index contributed by atoms with van der Waals surface area (Å²) in [5.41, 5.74) is 1.71. The first kappa shape index (κ1) is 19.7. The molecule has 0 spiro atoms. The summed E-state index contributed by atoms with van der Waals surface area (Å²) in [6.45, 7) is -0.516. The van der Waals surface area contributed by atoms with Gasteiger partial charge in [0.1, 0.15) is 0 Å². The van der Waals surface area contributed by atoms with E-state index in [9.17, 15) is 19.2 Å². The lowest BCUT2D eigenvalue weighted by atomic mass is 9.84. The average molecular weight is 465 g/mol. The molecule has 1 heterocycles. The number of benzene rings is 2. The molecule has 2 aromatic carbocycles. The first-order chi connectivity index (χ1) is 14.4. The molecule has 0 bridgehead atoms. The molecule has 0 unspecified atom stereocenters. The summed E-state index contributed by atoms with van der Waals surface area (Å²) in [5, 5.41) is 2.57. The molecular formula is C22H13BrN2O5. The highest BCUT2D eigenvalue weighted by Crippen LogP contribution is 2.29. The number of hydrogen-bond acceptors (Lipinski definition) is 6.